The van der Waals surface area contributed by atoms with Crippen LogP contribution in [0.2, 0.25) is 0 Å². The first-order chi connectivity index (χ1) is 5.76. The lowest BCUT2D eigenvalue weighted by atomic mass is 10.1. The summed E-state index contributed by atoms with van der Waals surface area (Å²) in [6.45, 7) is 11.4. The van der Waals surface area contributed by atoms with Crippen LogP contribution in [0, 0.1) is 0 Å². The van der Waals surface area contributed by atoms with Crippen molar-refractivity contribution in [1.29, 1.82) is 0 Å². The molecule has 0 saturated carbocycles. The highest BCUT2D eigenvalue weighted by Crippen LogP contribution is 2.07. The Morgan fingerprint density at radius 1 is 1.08 bits per heavy atom. The van der Waals surface area contributed by atoms with Crippen LogP contribution in [0.4, 0.5) is 0 Å². The molecule has 0 bridgehead atoms. The second-order valence-electron chi connectivity index (χ2n) is 2.43. The highest BCUT2D eigenvalue weighted by molar-refractivity contribution is 5.39. The van der Waals surface area contributed by atoms with Gasteiger partial charge in [0.2, 0.25) is 0 Å². The molecule has 0 aromatic carbocycles. The van der Waals surface area contributed by atoms with Crippen molar-refractivity contribution >= 4 is 0 Å². The van der Waals surface area contributed by atoms with Crippen LogP contribution in [0.25, 0.3) is 0 Å². The molecule has 0 amide bonds. The van der Waals surface area contributed by atoms with E-state index in [0.29, 0.717) is 0 Å². The van der Waals surface area contributed by atoms with Crippen LogP contribution in [0.3, 0.4) is 0 Å². The summed E-state index contributed by atoms with van der Waals surface area (Å²) in [6.07, 6.45) is 11.6. The average Bonchev–Trinajstić information content (AvgIpc) is 2.11. The van der Waals surface area contributed by atoms with E-state index in [1.54, 1.807) is 0 Å². The fraction of sp³-hybridized carbons (Fsp3) is 0.167. The molecule has 0 N–H and O–H groups in total. The Morgan fingerprint density at radius 2 is 1.75 bits per heavy atom. The molecular formula is C12H16. The average molecular weight is 160 g/mol. The summed E-state index contributed by atoms with van der Waals surface area (Å²) < 4.78 is 0. The van der Waals surface area contributed by atoms with Gasteiger partial charge < -0.3 is 0 Å². The minimum Gasteiger partial charge on any atom is -0.0988 e. The summed E-state index contributed by atoms with van der Waals surface area (Å²) >= 11 is 0. The van der Waals surface area contributed by atoms with Gasteiger partial charge in [-0.3, -0.25) is 0 Å². The van der Waals surface area contributed by atoms with E-state index < -0.39 is 0 Å². The highest BCUT2D eigenvalue weighted by Gasteiger charge is 1.87. The molecule has 0 heteroatoms. The van der Waals surface area contributed by atoms with E-state index in [4.69, 9.17) is 0 Å². The molecule has 0 heterocycles. The maximum atomic E-state index is 3.73. The highest BCUT2D eigenvalue weighted by atomic mass is 13.9. The molecule has 0 spiro atoms. The summed E-state index contributed by atoms with van der Waals surface area (Å²) in [6, 6.07) is 0. The van der Waals surface area contributed by atoms with Gasteiger partial charge in [-0.05, 0) is 25.0 Å². The first kappa shape index (κ1) is 10.7. The van der Waals surface area contributed by atoms with Crippen molar-refractivity contribution in [3.8, 4) is 0 Å². The van der Waals surface area contributed by atoms with Gasteiger partial charge in [-0.15, -0.1) is 0 Å². The van der Waals surface area contributed by atoms with Crippen molar-refractivity contribution in [2.45, 2.75) is 13.8 Å². The van der Waals surface area contributed by atoms with E-state index in [-0.39, 0.29) is 0 Å². The third-order valence-corrected chi connectivity index (χ3v) is 1.56. The van der Waals surface area contributed by atoms with E-state index in [9.17, 15) is 0 Å². The molecule has 0 atom stereocenters. The van der Waals surface area contributed by atoms with Crippen molar-refractivity contribution in [2.75, 3.05) is 0 Å². The quantitative estimate of drug-likeness (QED) is 0.549. The largest absolute Gasteiger partial charge is 0.0988 e. The fourth-order valence-electron chi connectivity index (χ4n) is 0.749. The molecule has 0 unspecified atom stereocenters. The van der Waals surface area contributed by atoms with E-state index in [1.165, 1.54) is 0 Å². The molecule has 64 valence electrons. The van der Waals surface area contributed by atoms with Crippen LogP contribution in [0.1, 0.15) is 13.8 Å². The first-order valence-electron chi connectivity index (χ1n) is 4.01. The Bertz CT molecular complexity index is 237. The SMILES string of the molecule is C=C/C(C)=C(C=C)/C=C\C=C/C. The predicted molar refractivity (Wildman–Crippen MR) is 57.0 cm³/mol. The van der Waals surface area contributed by atoms with Crippen molar-refractivity contribution in [3.05, 3.63) is 60.8 Å². The molecule has 12 heavy (non-hydrogen) atoms. The third-order valence-electron chi connectivity index (χ3n) is 1.56. The van der Waals surface area contributed by atoms with Gasteiger partial charge in [0.05, 0.1) is 0 Å². The topological polar surface area (TPSA) is 0 Å². The molecule has 0 aliphatic heterocycles. The van der Waals surface area contributed by atoms with E-state index in [0.717, 1.165) is 11.1 Å². The normalized spacial score (nSPS) is 13.5. The number of hydrogen-bond donors (Lipinski definition) is 0. The van der Waals surface area contributed by atoms with Crippen molar-refractivity contribution in [3.63, 3.8) is 0 Å². The van der Waals surface area contributed by atoms with E-state index >= 15 is 0 Å². The lowest BCUT2D eigenvalue weighted by molar-refractivity contribution is 1.46. The lowest BCUT2D eigenvalue weighted by Gasteiger charge is -1.95. The summed E-state index contributed by atoms with van der Waals surface area (Å²) in [5.74, 6) is 0. The third kappa shape index (κ3) is 3.77. The van der Waals surface area contributed by atoms with Crippen LogP contribution in [0.5, 0.6) is 0 Å². The molecule has 0 rings (SSSR count). The molecule has 0 aliphatic rings. The Morgan fingerprint density at radius 3 is 2.17 bits per heavy atom. The fourth-order valence-corrected chi connectivity index (χ4v) is 0.749. The minimum atomic E-state index is 1.11. The Hall–Kier alpha value is -1.30. The molecule has 0 saturated heterocycles. The summed E-state index contributed by atoms with van der Waals surface area (Å²) in [5, 5.41) is 0. The summed E-state index contributed by atoms with van der Waals surface area (Å²) in [7, 11) is 0. The van der Waals surface area contributed by atoms with Crippen LogP contribution >= 0.6 is 0 Å². The smallest absolute Gasteiger partial charge is 0.0233 e. The monoisotopic (exact) mass is 160 g/mol. The van der Waals surface area contributed by atoms with Crippen molar-refractivity contribution < 1.29 is 0 Å². The second kappa shape index (κ2) is 6.41. The second-order valence-corrected chi connectivity index (χ2v) is 2.43. The molecular weight excluding hydrogens is 144 g/mol. The van der Waals surface area contributed by atoms with Gasteiger partial charge in [0, 0.05) is 0 Å². The van der Waals surface area contributed by atoms with Gasteiger partial charge in [0.1, 0.15) is 0 Å². The summed E-state index contributed by atoms with van der Waals surface area (Å²) in [4.78, 5) is 0. The van der Waals surface area contributed by atoms with Crippen LogP contribution in [-0.4, -0.2) is 0 Å². The molecule has 0 aliphatic carbocycles. The Labute approximate surface area is 75.3 Å². The van der Waals surface area contributed by atoms with Gasteiger partial charge in [0.15, 0.2) is 0 Å². The maximum Gasteiger partial charge on any atom is -0.0233 e. The van der Waals surface area contributed by atoms with Gasteiger partial charge >= 0.3 is 0 Å². The van der Waals surface area contributed by atoms with Crippen LogP contribution in [-0.2, 0) is 0 Å². The zero-order chi connectivity index (χ0) is 9.40. The standard InChI is InChI=1S/C12H16/c1-5-8-9-10-12(7-3)11(4)6-2/h5-10H,2-3H2,1,4H3/b8-5-,10-9-,12-11+. The number of allylic oxidation sites excluding steroid dienone is 8. The van der Waals surface area contributed by atoms with Gasteiger partial charge in [-0.2, -0.15) is 0 Å². The minimum absolute atomic E-state index is 1.11. The molecule has 0 aromatic heterocycles. The van der Waals surface area contributed by atoms with E-state index in [1.807, 2.05) is 50.3 Å². The number of rotatable bonds is 4. The van der Waals surface area contributed by atoms with Crippen molar-refractivity contribution in [1.82, 2.24) is 0 Å². The maximum absolute atomic E-state index is 3.73. The molecule has 0 nitrogen and oxygen atoms in total. The van der Waals surface area contributed by atoms with E-state index in [2.05, 4.69) is 13.2 Å². The molecule has 0 aromatic rings. The summed E-state index contributed by atoms with van der Waals surface area (Å²) in [5.41, 5.74) is 2.26. The zero-order valence-corrected chi connectivity index (χ0v) is 7.88. The van der Waals surface area contributed by atoms with Crippen LogP contribution < -0.4 is 0 Å². The predicted octanol–water partition coefficient (Wildman–Crippen LogP) is 3.81. The zero-order valence-electron chi connectivity index (χ0n) is 7.88. The van der Waals surface area contributed by atoms with Gasteiger partial charge in [-0.25, -0.2) is 0 Å². The van der Waals surface area contributed by atoms with Gasteiger partial charge in [0.25, 0.3) is 0 Å². The van der Waals surface area contributed by atoms with Gasteiger partial charge in [-0.1, -0.05) is 49.6 Å². The Balaban J connectivity index is 4.58. The molecule has 0 fully saturated rings. The Kier molecular flexibility index (Phi) is 5.72. The van der Waals surface area contributed by atoms with Crippen molar-refractivity contribution in [2.24, 2.45) is 0 Å². The first-order valence-corrected chi connectivity index (χ1v) is 4.01. The number of hydrogen-bond acceptors (Lipinski definition) is 0. The lowest BCUT2D eigenvalue weighted by Crippen LogP contribution is -1.75. The molecule has 0 radical (unpaired) electrons. The van der Waals surface area contributed by atoms with Crippen LogP contribution in [0.15, 0.2) is 60.8 Å².